The van der Waals surface area contributed by atoms with Gasteiger partial charge in [-0.25, -0.2) is 0 Å². The Labute approximate surface area is 170 Å². The fourth-order valence-electron chi connectivity index (χ4n) is 2.67. The second kappa shape index (κ2) is 10.7. The predicted octanol–water partition coefficient (Wildman–Crippen LogP) is 3.02. The van der Waals surface area contributed by atoms with Crippen molar-refractivity contribution in [3.63, 3.8) is 0 Å². The average molecular weight is 404 g/mol. The number of benzene rings is 2. The molecule has 2 aromatic carbocycles. The highest BCUT2D eigenvalue weighted by Gasteiger charge is 2.12. The molecule has 28 heavy (non-hydrogen) atoms. The largest absolute Gasteiger partial charge is 0.491 e. The first-order valence-corrected chi connectivity index (χ1v) is 9.42. The van der Waals surface area contributed by atoms with Gasteiger partial charge in [0.1, 0.15) is 12.4 Å². The maximum absolute atomic E-state index is 12.1. The summed E-state index contributed by atoms with van der Waals surface area (Å²) in [7, 11) is 1.71. The minimum Gasteiger partial charge on any atom is -0.491 e. The minimum atomic E-state index is -0.235. The van der Waals surface area contributed by atoms with E-state index >= 15 is 0 Å². The number of halogens is 1. The molecule has 0 spiro atoms. The Bertz CT molecular complexity index is 826. The third-order valence-corrected chi connectivity index (χ3v) is 4.32. The van der Waals surface area contributed by atoms with E-state index in [4.69, 9.17) is 16.3 Å². The zero-order valence-electron chi connectivity index (χ0n) is 16.4. The first-order chi connectivity index (χ1) is 13.3. The SMILES string of the molecule is Cc1ccc(OCCNC(=O)CN(C)CC(=O)Nc2ccccc2Cl)c(C)c1. The van der Waals surface area contributed by atoms with Gasteiger partial charge in [0.25, 0.3) is 0 Å². The van der Waals surface area contributed by atoms with E-state index in [1.165, 1.54) is 5.56 Å². The van der Waals surface area contributed by atoms with Crippen molar-refractivity contribution in [1.29, 1.82) is 0 Å². The highest BCUT2D eigenvalue weighted by atomic mass is 35.5. The molecule has 0 aliphatic heterocycles. The molecule has 0 heterocycles. The number of ether oxygens (including phenoxy) is 1. The first kappa shape index (κ1) is 21.7. The molecule has 0 aromatic heterocycles. The van der Waals surface area contributed by atoms with Gasteiger partial charge in [0, 0.05) is 0 Å². The number of anilines is 1. The zero-order valence-corrected chi connectivity index (χ0v) is 17.2. The van der Waals surface area contributed by atoms with Gasteiger partial charge < -0.3 is 15.4 Å². The third-order valence-electron chi connectivity index (χ3n) is 3.99. The third kappa shape index (κ3) is 7.21. The number of carbonyl (C=O) groups excluding carboxylic acids is 2. The van der Waals surface area contributed by atoms with Crippen LogP contribution in [0.15, 0.2) is 42.5 Å². The Morgan fingerprint density at radius 2 is 1.79 bits per heavy atom. The maximum Gasteiger partial charge on any atom is 0.238 e. The standard InChI is InChI=1S/C21H26ClN3O3/c1-15-8-9-19(16(2)12-15)28-11-10-23-20(26)13-25(3)14-21(27)24-18-7-5-4-6-17(18)22/h4-9,12H,10-11,13-14H2,1-3H3,(H,23,26)(H,24,27). The highest BCUT2D eigenvalue weighted by Crippen LogP contribution is 2.20. The maximum atomic E-state index is 12.1. The lowest BCUT2D eigenvalue weighted by molar-refractivity contribution is -0.123. The summed E-state index contributed by atoms with van der Waals surface area (Å²) >= 11 is 6.02. The van der Waals surface area contributed by atoms with E-state index in [-0.39, 0.29) is 24.9 Å². The van der Waals surface area contributed by atoms with Crippen molar-refractivity contribution < 1.29 is 14.3 Å². The zero-order chi connectivity index (χ0) is 20.5. The number of amides is 2. The molecule has 0 aliphatic rings. The molecule has 2 amide bonds. The number of rotatable bonds is 9. The minimum absolute atomic E-state index is 0.0811. The molecule has 6 nitrogen and oxygen atoms in total. The lowest BCUT2D eigenvalue weighted by Gasteiger charge is -2.16. The van der Waals surface area contributed by atoms with Gasteiger partial charge in [0.05, 0.1) is 30.3 Å². The van der Waals surface area contributed by atoms with E-state index in [0.29, 0.717) is 23.9 Å². The molecule has 0 saturated carbocycles. The Morgan fingerprint density at radius 3 is 2.50 bits per heavy atom. The Balaban J connectivity index is 1.66. The number of nitrogens with one attached hydrogen (secondary N) is 2. The number of nitrogens with zero attached hydrogens (tertiary/aromatic N) is 1. The molecule has 0 radical (unpaired) electrons. The average Bonchev–Trinajstić information content (AvgIpc) is 2.62. The van der Waals surface area contributed by atoms with Crippen LogP contribution in [0.2, 0.25) is 5.02 Å². The summed E-state index contributed by atoms with van der Waals surface area (Å²) in [5.41, 5.74) is 2.80. The molecule has 0 atom stereocenters. The summed E-state index contributed by atoms with van der Waals surface area (Å²) in [6, 6.07) is 13.0. The van der Waals surface area contributed by atoms with E-state index in [9.17, 15) is 9.59 Å². The van der Waals surface area contributed by atoms with Crippen LogP contribution in [-0.2, 0) is 9.59 Å². The Kier molecular flexibility index (Phi) is 8.29. The molecule has 2 rings (SSSR count). The van der Waals surface area contributed by atoms with Crippen molar-refractivity contribution in [2.24, 2.45) is 0 Å². The molecule has 0 bridgehead atoms. The van der Waals surface area contributed by atoms with Crippen LogP contribution in [0.25, 0.3) is 0 Å². The number of aryl methyl sites for hydroxylation is 2. The highest BCUT2D eigenvalue weighted by molar-refractivity contribution is 6.33. The molecule has 2 aromatic rings. The second-order valence-electron chi connectivity index (χ2n) is 6.67. The molecule has 0 aliphatic carbocycles. The molecule has 0 unspecified atom stereocenters. The molecule has 7 heteroatoms. The number of hydrogen-bond donors (Lipinski definition) is 2. The van der Waals surface area contributed by atoms with Crippen LogP contribution in [-0.4, -0.2) is 50.0 Å². The number of likely N-dealkylation sites (N-methyl/N-ethyl adjacent to an activating group) is 1. The van der Waals surface area contributed by atoms with Crippen LogP contribution in [0.1, 0.15) is 11.1 Å². The lowest BCUT2D eigenvalue weighted by atomic mass is 10.1. The van der Waals surface area contributed by atoms with E-state index in [2.05, 4.69) is 16.7 Å². The molecule has 0 saturated heterocycles. The van der Waals surface area contributed by atoms with Gasteiger partial charge in [-0.2, -0.15) is 0 Å². The van der Waals surface area contributed by atoms with E-state index in [1.807, 2.05) is 26.0 Å². The summed E-state index contributed by atoms with van der Waals surface area (Å²) in [6.07, 6.45) is 0. The van der Waals surface area contributed by atoms with Gasteiger partial charge in [-0.15, -0.1) is 0 Å². The van der Waals surface area contributed by atoms with Crippen LogP contribution in [0.3, 0.4) is 0 Å². The van der Waals surface area contributed by atoms with Crippen LogP contribution >= 0.6 is 11.6 Å². The van der Waals surface area contributed by atoms with Gasteiger partial charge in [-0.1, -0.05) is 41.4 Å². The van der Waals surface area contributed by atoms with Crippen molar-refractivity contribution in [3.05, 3.63) is 58.6 Å². The number of carbonyl (C=O) groups is 2. The van der Waals surface area contributed by atoms with Gasteiger partial charge in [-0.3, -0.25) is 14.5 Å². The van der Waals surface area contributed by atoms with E-state index < -0.39 is 0 Å². The van der Waals surface area contributed by atoms with Crippen molar-refractivity contribution in [1.82, 2.24) is 10.2 Å². The van der Waals surface area contributed by atoms with Crippen molar-refractivity contribution >= 4 is 29.1 Å². The molecule has 0 fully saturated rings. The topological polar surface area (TPSA) is 70.7 Å². The summed E-state index contributed by atoms with van der Waals surface area (Å²) in [5, 5.41) is 5.99. The van der Waals surface area contributed by atoms with E-state index in [0.717, 1.165) is 11.3 Å². The number of hydrogen-bond acceptors (Lipinski definition) is 4. The second-order valence-corrected chi connectivity index (χ2v) is 7.07. The quantitative estimate of drug-likeness (QED) is 0.631. The van der Waals surface area contributed by atoms with Crippen molar-refractivity contribution in [2.75, 3.05) is 38.6 Å². The first-order valence-electron chi connectivity index (χ1n) is 9.05. The van der Waals surface area contributed by atoms with E-state index in [1.54, 1.807) is 36.2 Å². The van der Waals surface area contributed by atoms with Crippen molar-refractivity contribution in [3.8, 4) is 5.75 Å². The normalized spacial score (nSPS) is 10.6. The van der Waals surface area contributed by atoms with Gasteiger partial charge in [0.2, 0.25) is 11.8 Å². The van der Waals surface area contributed by atoms with Crippen LogP contribution < -0.4 is 15.4 Å². The fraction of sp³-hybridized carbons (Fsp3) is 0.333. The number of para-hydroxylation sites is 1. The predicted molar refractivity (Wildman–Crippen MR) is 112 cm³/mol. The van der Waals surface area contributed by atoms with Crippen LogP contribution in [0, 0.1) is 13.8 Å². The summed E-state index contributed by atoms with van der Waals surface area (Å²) in [6.45, 7) is 4.99. The summed E-state index contributed by atoms with van der Waals surface area (Å²) in [4.78, 5) is 25.7. The molecule has 150 valence electrons. The van der Waals surface area contributed by atoms with Crippen LogP contribution in [0.4, 0.5) is 5.69 Å². The van der Waals surface area contributed by atoms with Crippen molar-refractivity contribution in [2.45, 2.75) is 13.8 Å². The Hall–Kier alpha value is -2.57. The lowest BCUT2D eigenvalue weighted by Crippen LogP contribution is -2.40. The summed E-state index contributed by atoms with van der Waals surface area (Å²) < 4.78 is 5.68. The molecular weight excluding hydrogens is 378 g/mol. The van der Waals surface area contributed by atoms with Crippen LogP contribution in [0.5, 0.6) is 5.75 Å². The van der Waals surface area contributed by atoms with Gasteiger partial charge in [-0.05, 0) is 44.7 Å². The molecular formula is C21H26ClN3O3. The fourth-order valence-corrected chi connectivity index (χ4v) is 2.85. The monoisotopic (exact) mass is 403 g/mol. The smallest absolute Gasteiger partial charge is 0.238 e. The van der Waals surface area contributed by atoms with Gasteiger partial charge >= 0.3 is 0 Å². The molecule has 2 N–H and O–H groups in total. The van der Waals surface area contributed by atoms with Gasteiger partial charge in [0.15, 0.2) is 0 Å². The Morgan fingerprint density at radius 1 is 1.07 bits per heavy atom. The summed E-state index contributed by atoms with van der Waals surface area (Å²) in [5.74, 6) is 0.409.